The van der Waals surface area contributed by atoms with Gasteiger partial charge in [0.1, 0.15) is 11.5 Å². The first-order valence-corrected chi connectivity index (χ1v) is 6.57. The summed E-state index contributed by atoms with van der Waals surface area (Å²) in [6.45, 7) is 1.78. The first-order chi connectivity index (χ1) is 9.88. The van der Waals surface area contributed by atoms with E-state index < -0.39 is 17.5 Å². The molecule has 2 rings (SSSR count). The predicted octanol–water partition coefficient (Wildman–Crippen LogP) is 4.34. The zero-order chi connectivity index (χ0) is 15.6. The highest BCUT2D eigenvalue weighted by atomic mass is 19.1. The summed E-state index contributed by atoms with van der Waals surface area (Å²) in [4.78, 5) is 1.96. The molecule has 0 radical (unpaired) electrons. The maximum atomic E-state index is 13.6. The summed E-state index contributed by atoms with van der Waals surface area (Å²) in [5.41, 5.74) is 1.59. The van der Waals surface area contributed by atoms with Crippen molar-refractivity contribution in [1.82, 2.24) is 0 Å². The van der Waals surface area contributed by atoms with Gasteiger partial charge in [-0.25, -0.2) is 13.2 Å². The van der Waals surface area contributed by atoms with Crippen LogP contribution >= 0.6 is 0 Å². The number of halogens is 3. The second-order valence-electron chi connectivity index (χ2n) is 5.10. The Hall–Kier alpha value is -2.17. The first kappa shape index (κ1) is 15.2. The fourth-order valence-corrected chi connectivity index (χ4v) is 2.04. The minimum absolute atomic E-state index is 0.310. The van der Waals surface area contributed by atoms with E-state index in [1.165, 1.54) is 0 Å². The van der Waals surface area contributed by atoms with Gasteiger partial charge in [0, 0.05) is 38.0 Å². The minimum Gasteiger partial charge on any atom is -0.378 e. The smallest absolute Gasteiger partial charge is 0.152 e. The molecular formula is C16H17F3N2. The lowest BCUT2D eigenvalue weighted by Gasteiger charge is -2.18. The number of nitrogens with zero attached hydrogens (tertiary/aromatic N) is 1. The number of hydrogen-bond donors (Lipinski definition) is 1. The Labute approximate surface area is 122 Å². The van der Waals surface area contributed by atoms with Crippen LogP contribution in [0.4, 0.5) is 24.5 Å². The summed E-state index contributed by atoms with van der Waals surface area (Å²) in [6.07, 6.45) is 0. The van der Waals surface area contributed by atoms with E-state index in [-0.39, 0.29) is 11.7 Å². The molecule has 0 heterocycles. The highest BCUT2D eigenvalue weighted by Crippen LogP contribution is 2.26. The third kappa shape index (κ3) is 3.48. The Balaban J connectivity index is 2.20. The molecule has 1 N–H and O–H groups in total. The lowest BCUT2D eigenvalue weighted by atomic mass is 10.1. The fraction of sp³-hybridized carbons (Fsp3) is 0.250. The second kappa shape index (κ2) is 6.08. The van der Waals surface area contributed by atoms with Gasteiger partial charge in [-0.3, -0.25) is 0 Å². The molecule has 0 amide bonds. The largest absolute Gasteiger partial charge is 0.378 e. The summed E-state index contributed by atoms with van der Waals surface area (Å²) in [6, 6.07) is 8.62. The van der Waals surface area contributed by atoms with Crippen LogP contribution in [0, 0.1) is 17.5 Å². The van der Waals surface area contributed by atoms with Crippen molar-refractivity contribution in [2.75, 3.05) is 24.3 Å². The Kier molecular flexibility index (Phi) is 4.40. The van der Waals surface area contributed by atoms with E-state index in [4.69, 9.17) is 0 Å². The first-order valence-electron chi connectivity index (χ1n) is 6.57. The molecule has 0 saturated carbocycles. The monoisotopic (exact) mass is 294 g/mol. The highest BCUT2D eigenvalue weighted by molar-refractivity contribution is 5.50. The van der Waals surface area contributed by atoms with Crippen molar-refractivity contribution in [2.45, 2.75) is 13.0 Å². The van der Waals surface area contributed by atoms with Crippen LogP contribution in [-0.2, 0) is 0 Å². The second-order valence-corrected chi connectivity index (χ2v) is 5.10. The van der Waals surface area contributed by atoms with Crippen molar-refractivity contribution in [1.29, 1.82) is 0 Å². The average molecular weight is 294 g/mol. The average Bonchev–Trinajstić information content (AvgIpc) is 2.42. The fourth-order valence-electron chi connectivity index (χ4n) is 2.04. The van der Waals surface area contributed by atoms with Crippen LogP contribution in [-0.4, -0.2) is 14.1 Å². The molecule has 0 bridgehead atoms. The van der Waals surface area contributed by atoms with Crippen LogP contribution in [0.2, 0.25) is 0 Å². The number of hydrogen-bond acceptors (Lipinski definition) is 2. The van der Waals surface area contributed by atoms with Crippen molar-refractivity contribution in [3.05, 3.63) is 59.4 Å². The van der Waals surface area contributed by atoms with Crippen LogP contribution in [0.3, 0.4) is 0 Å². The molecule has 112 valence electrons. The van der Waals surface area contributed by atoms with Crippen molar-refractivity contribution in [3.8, 4) is 0 Å². The summed E-state index contributed by atoms with van der Waals surface area (Å²) in [7, 11) is 3.86. The van der Waals surface area contributed by atoms with E-state index in [0.29, 0.717) is 12.1 Å². The molecule has 0 aliphatic carbocycles. The Morgan fingerprint density at radius 3 is 1.95 bits per heavy atom. The van der Waals surface area contributed by atoms with E-state index in [0.717, 1.165) is 11.3 Å². The maximum absolute atomic E-state index is 13.6. The third-order valence-electron chi connectivity index (χ3n) is 3.28. The van der Waals surface area contributed by atoms with Crippen molar-refractivity contribution >= 4 is 11.4 Å². The molecule has 2 aromatic carbocycles. The summed E-state index contributed by atoms with van der Waals surface area (Å²) < 4.78 is 40.1. The van der Waals surface area contributed by atoms with Gasteiger partial charge < -0.3 is 10.2 Å². The molecule has 0 spiro atoms. The van der Waals surface area contributed by atoms with Gasteiger partial charge in [-0.05, 0) is 24.6 Å². The predicted molar refractivity (Wildman–Crippen MR) is 79.1 cm³/mol. The molecule has 1 atom stereocenters. The highest BCUT2D eigenvalue weighted by Gasteiger charge is 2.14. The lowest BCUT2D eigenvalue weighted by molar-refractivity contribution is 0.545. The topological polar surface area (TPSA) is 15.3 Å². The van der Waals surface area contributed by atoms with E-state index in [1.54, 1.807) is 6.92 Å². The van der Waals surface area contributed by atoms with E-state index in [2.05, 4.69) is 5.32 Å². The van der Waals surface area contributed by atoms with Gasteiger partial charge in [-0.15, -0.1) is 0 Å². The Bertz CT molecular complexity index is 601. The zero-order valence-corrected chi connectivity index (χ0v) is 12.1. The van der Waals surface area contributed by atoms with Crippen LogP contribution < -0.4 is 10.2 Å². The molecular weight excluding hydrogens is 277 g/mol. The van der Waals surface area contributed by atoms with E-state index >= 15 is 0 Å². The standard InChI is InChI=1S/C16H17F3N2/c1-10(11-4-6-13(7-5-11)21(2)3)20-16-14(18)8-12(17)9-15(16)19/h4-10,20H,1-3H3. The zero-order valence-electron chi connectivity index (χ0n) is 12.1. The van der Waals surface area contributed by atoms with E-state index in [1.807, 2.05) is 43.3 Å². The molecule has 0 aliphatic rings. The Morgan fingerprint density at radius 1 is 0.952 bits per heavy atom. The molecule has 5 heteroatoms. The van der Waals surface area contributed by atoms with Crippen molar-refractivity contribution in [3.63, 3.8) is 0 Å². The quantitative estimate of drug-likeness (QED) is 0.902. The third-order valence-corrected chi connectivity index (χ3v) is 3.28. The van der Waals surface area contributed by atoms with Crippen LogP contribution in [0.5, 0.6) is 0 Å². The molecule has 0 saturated heterocycles. The van der Waals surface area contributed by atoms with E-state index in [9.17, 15) is 13.2 Å². The number of nitrogens with one attached hydrogen (secondary N) is 1. The lowest BCUT2D eigenvalue weighted by Crippen LogP contribution is -2.11. The van der Waals surface area contributed by atoms with Gasteiger partial charge in [0.05, 0.1) is 0 Å². The molecule has 21 heavy (non-hydrogen) atoms. The van der Waals surface area contributed by atoms with Crippen molar-refractivity contribution in [2.24, 2.45) is 0 Å². The van der Waals surface area contributed by atoms with Gasteiger partial charge in [-0.2, -0.15) is 0 Å². The molecule has 2 nitrogen and oxygen atoms in total. The van der Waals surface area contributed by atoms with Crippen LogP contribution in [0.1, 0.15) is 18.5 Å². The Morgan fingerprint density at radius 2 is 1.48 bits per heavy atom. The van der Waals surface area contributed by atoms with Gasteiger partial charge in [-0.1, -0.05) is 12.1 Å². The summed E-state index contributed by atoms with van der Waals surface area (Å²) in [5, 5.41) is 2.74. The number of rotatable bonds is 4. The molecule has 0 aromatic heterocycles. The normalized spacial score (nSPS) is 12.1. The molecule has 0 fully saturated rings. The summed E-state index contributed by atoms with van der Waals surface area (Å²) >= 11 is 0. The minimum atomic E-state index is -0.940. The molecule has 2 aromatic rings. The van der Waals surface area contributed by atoms with Gasteiger partial charge in [0.2, 0.25) is 0 Å². The van der Waals surface area contributed by atoms with Gasteiger partial charge >= 0.3 is 0 Å². The SMILES string of the molecule is CC(Nc1c(F)cc(F)cc1F)c1ccc(N(C)C)cc1. The van der Waals surface area contributed by atoms with Crippen molar-refractivity contribution < 1.29 is 13.2 Å². The number of benzene rings is 2. The molecule has 1 unspecified atom stereocenters. The van der Waals surface area contributed by atoms with Gasteiger partial charge in [0.15, 0.2) is 11.6 Å². The van der Waals surface area contributed by atoms with Crippen LogP contribution in [0.15, 0.2) is 36.4 Å². The molecule has 0 aliphatic heterocycles. The van der Waals surface area contributed by atoms with Crippen LogP contribution in [0.25, 0.3) is 0 Å². The number of anilines is 2. The summed E-state index contributed by atoms with van der Waals surface area (Å²) in [5.74, 6) is -2.81. The van der Waals surface area contributed by atoms with Gasteiger partial charge in [0.25, 0.3) is 0 Å². The maximum Gasteiger partial charge on any atom is 0.152 e.